The monoisotopic (exact) mass is 331 g/mol. The number of halogens is 1. The topological polar surface area (TPSA) is 67.2 Å². The van der Waals surface area contributed by atoms with E-state index in [1.54, 1.807) is 6.20 Å². The van der Waals surface area contributed by atoms with Gasteiger partial charge in [-0.05, 0) is 42.1 Å². The van der Waals surface area contributed by atoms with Gasteiger partial charge in [0.25, 0.3) is 5.56 Å². The Hall–Kier alpha value is -0.880. The Morgan fingerprint density at radius 2 is 2.21 bits per heavy atom. The fraction of sp³-hybridized carbons (Fsp3) is 0.692. The molecule has 1 atom stereocenters. The van der Waals surface area contributed by atoms with Gasteiger partial charge in [0.2, 0.25) is 0 Å². The molecular formula is C13H22BrN3O2. The first-order chi connectivity index (χ1) is 9.01. The highest BCUT2D eigenvalue weighted by molar-refractivity contribution is 9.10. The van der Waals surface area contributed by atoms with Crippen LogP contribution in [0.25, 0.3) is 0 Å². The standard InChI is InChI=1S/C13H22BrN3O2/c1-4-10(5-6-18)7-15-11-8-16-17(9(2)3)13(19)12(11)14/h8-10,15,18H,4-7H2,1-3H3. The van der Waals surface area contributed by atoms with E-state index in [2.05, 4.69) is 33.3 Å². The van der Waals surface area contributed by atoms with Crippen molar-refractivity contribution in [3.63, 3.8) is 0 Å². The fourth-order valence-electron chi connectivity index (χ4n) is 1.82. The van der Waals surface area contributed by atoms with E-state index in [-0.39, 0.29) is 18.2 Å². The molecule has 1 aromatic rings. The summed E-state index contributed by atoms with van der Waals surface area (Å²) in [5, 5.41) is 16.3. The fourth-order valence-corrected chi connectivity index (χ4v) is 2.25. The first kappa shape index (κ1) is 16.2. The van der Waals surface area contributed by atoms with Gasteiger partial charge in [0.1, 0.15) is 4.47 Å². The number of aliphatic hydroxyl groups is 1. The van der Waals surface area contributed by atoms with Crippen LogP contribution in [-0.4, -0.2) is 28.0 Å². The van der Waals surface area contributed by atoms with Gasteiger partial charge in [0, 0.05) is 13.2 Å². The number of anilines is 1. The molecule has 0 saturated carbocycles. The first-order valence-corrected chi connectivity index (χ1v) is 7.42. The van der Waals surface area contributed by atoms with E-state index in [9.17, 15) is 4.79 Å². The molecule has 108 valence electrons. The molecule has 0 amide bonds. The van der Waals surface area contributed by atoms with Crippen LogP contribution >= 0.6 is 15.9 Å². The quantitative estimate of drug-likeness (QED) is 0.805. The lowest BCUT2D eigenvalue weighted by atomic mass is 10.0. The normalized spacial score (nSPS) is 12.7. The lowest BCUT2D eigenvalue weighted by molar-refractivity contribution is 0.258. The predicted molar refractivity (Wildman–Crippen MR) is 80.6 cm³/mol. The smallest absolute Gasteiger partial charge is 0.283 e. The summed E-state index contributed by atoms with van der Waals surface area (Å²) in [6.07, 6.45) is 3.41. The molecule has 1 heterocycles. The van der Waals surface area contributed by atoms with Gasteiger partial charge in [0.05, 0.1) is 17.9 Å². The number of nitrogens with one attached hydrogen (secondary N) is 1. The molecule has 5 nitrogen and oxygen atoms in total. The second kappa shape index (κ2) is 7.65. The maximum absolute atomic E-state index is 12.0. The zero-order chi connectivity index (χ0) is 14.4. The van der Waals surface area contributed by atoms with Gasteiger partial charge < -0.3 is 10.4 Å². The number of nitrogens with zero attached hydrogens (tertiary/aromatic N) is 2. The van der Waals surface area contributed by atoms with Crippen molar-refractivity contribution < 1.29 is 5.11 Å². The highest BCUT2D eigenvalue weighted by Crippen LogP contribution is 2.18. The molecule has 2 N–H and O–H groups in total. The van der Waals surface area contributed by atoms with E-state index in [4.69, 9.17) is 5.11 Å². The highest BCUT2D eigenvalue weighted by atomic mass is 79.9. The van der Waals surface area contributed by atoms with Crippen molar-refractivity contribution >= 4 is 21.6 Å². The van der Waals surface area contributed by atoms with Gasteiger partial charge in [-0.1, -0.05) is 13.3 Å². The summed E-state index contributed by atoms with van der Waals surface area (Å²) in [4.78, 5) is 12.0. The number of aromatic nitrogens is 2. The van der Waals surface area contributed by atoms with E-state index in [0.29, 0.717) is 16.1 Å². The Morgan fingerprint density at radius 1 is 1.53 bits per heavy atom. The molecule has 1 aromatic heterocycles. The lowest BCUT2D eigenvalue weighted by Crippen LogP contribution is -2.26. The zero-order valence-electron chi connectivity index (χ0n) is 11.7. The van der Waals surface area contributed by atoms with Crippen molar-refractivity contribution in [2.24, 2.45) is 5.92 Å². The SMILES string of the molecule is CCC(CCO)CNc1cnn(C(C)C)c(=O)c1Br. The molecule has 19 heavy (non-hydrogen) atoms. The molecule has 0 aliphatic carbocycles. The highest BCUT2D eigenvalue weighted by Gasteiger charge is 2.12. The maximum atomic E-state index is 12.0. The summed E-state index contributed by atoms with van der Waals surface area (Å²) in [5.74, 6) is 0.393. The van der Waals surface area contributed by atoms with Crippen molar-refractivity contribution in [1.29, 1.82) is 0 Å². The van der Waals surface area contributed by atoms with Crippen LogP contribution < -0.4 is 10.9 Å². The van der Waals surface area contributed by atoms with Crippen molar-refractivity contribution in [2.75, 3.05) is 18.5 Å². The van der Waals surface area contributed by atoms with Crippen LogP contribution in [0.3, 0.4) is 0 Å². The summed E-state index contributed by atoms with van der Waals surface area (Å²) in [5.41, 5.74) is 0.577. The van der Waals surface area contributed by atoms with E-state index >= 15 is 0 Å². The molecule has 6 heteroatoms. The number of hydrogen-bond donors (Lipinski definition) is 2. The molecule has 0 fully saturated rings. The molecule has 0 bridgehead atoms. The molecule has 0 aromatic carbocycles. The Balaban J connectivity index is 2.80. The van der Waals surface area contributed by atoms with E-state index < -0.39 is 0 Å². The molecule has 0 saturated heterocycles. The Kier molecular flexibility index (Phi) is 6.51. The number of aliphatic hydroxyl groups excluding tert-OH is 1. The van der Waals surface area contributed by atoms with E-state index in [1.807, 2.05) is 13.8 Å². The van der Waals surface area contributed by atoms with Crippen molar-refractivity contribution in [2.45, 2.75) is 39.7 Å². The molecule has 1 rings (SSSR count). The van der Waals surface area contributed by atoms with Crippen molar-refractivity contribution in [3.8, 4) is 0 Å². The third-order valence-corrected chi connectivity index (χ3v) is 3.89. The van der Waals surface area contributed by atoms with Crippen LogP contribution in [0.4, 0.5) is 5.69 Å². The van der Waals surface area contributed by atoms with Gasteiger partial charge in [-0.25, -0.2) is 4.68 Å². The van der Waals surface area contributed by atoms with Crippen molar-refractivity contribution in [3.05, 3.63) is 21.0 Å². The summed E-state index contributed by atoms with van der Waals surface area (Å²) < 4.78 is 1.95. The van der Waals surface area contributed by atoms with Crippen LogP contribution in [-0.2, 0) is 0 Å². The number of hydrogen-bond acceptors (Lipinski definition) is 4. The molecule has 0 aliphatic rings. The van der Waals surface area contributed by atoms with Crippen molar-refractivity contribution in [1.82, 2.24) is 9.78 Å². The van der Waals surface area contributed by atoms with E-state index in [0.717, 1.165) is 19.4 Å². The largest absolute Gasteiger partial charge is 0.396 e. The average molecular weight is 332 g/mol. The van der Waals surface area contributed by atoms with Gasteiger partial charge in [-0.3, -0.25) is 4.79 Å². The van der Waals surface area contributed by atoms with Crippen LogP contribution in [0.5, 0.6) is 0 Å². The third-order valence-electron chi connectivity index (χ3n) is 3.13. The summed E-state index contributed by atoms with van der Waals surface area (Å²) >= 11 is 3.33. The molecule has 0 aliphatic heterocycles. The summed E-state index contributed by atoms with van der Waals surface area (Å²) in [7, 11) is 0. The Morgan fingerprint density at radius 3 is 2.74 bits per heavy atom. The Bertz CT molecular complexity index is 460. The van der Waals surface area contributed by atoms with Crippen LogP contribution in [0.2, 0.25) is 0 Å². The van der Waals surface area contributed by atoms with Gasteiger partial charge in [0.15, 0.2) is 0 Å². The van der Waals surface area contributed by atoms with Crippen LogP contribution in [0.15, 0.2) is 15.5 Å². The second-order valence-corrected chi connectivity index (χ2v) is 5.68. The molecule has 0 radical (unpaired) electrons. The maximum Gasteiger partial charge on any atom is 0.283 e. The van der Waals surface area contributed by atoms with E-state index in [1.165, 1.54) is 4.68 Å². The lowest BCUT2D eigenvalue weighted by Gasteiger charge is -2.17. The van der Waals surface area contributed by atoms with Crippen LogP contribution in [0.1, 0.15) is 39.7 Å². The average Bonchev–Trinajstić information content (AvgIpc) is 2.38. The minimum Gasteiger partial charge on any atom is -0.396 e. The summed E-state index contributed by atoms with van der Waals surface area (Å²) in [6, 6.07) is 0.0376. The van der Waals surface area contributed by atoms with Gasteiger partial charge in [-0.2, -0.15) is 5.10 Å². The minimum atomic E-state index is -0.129. The first-order valence-electron chi connectivity index (χ1n) is 6.63. The van der Waals surface area contributed by atoms with Crippen LogP contribution in [0, 0.1) is 5.92 Å². The van der Waals surface area contributed by atoms with Gasteiger partial charge in [-0.15, -0.1) is 0 Å². The number of rotatable bonds is 7. The Labute approximate surface area is 122 Å². The second-order valence-electron chi connectivity index (χ2n) is 4.88. The minimum absolute atomic E-state index is 0.0376. The third kappa shape index (κ3) is 4.31. The zero-order valence-corrected chi connectivity index (χ0v) is 13.3. The summed E-state index contributed by atoms with van der Waals surface area (Å²) in [6.45, 7) is 6.84. The molecular weight excluding hydrogens is 310 g/mol. The molecule has 0 spiro atoms. The van der Waals surface area contributed by atoms with Gasteiger partial charge >= 0.3 is 0 Å². The predicted octanol–water partition coefficient (Wildman–Crippen LogP) is 2.41. The molecule has 1 unspecified atom stereocenters.